The summed E-state index contributed by atoms with van der Waals surface area (Å²) in [4.78, 5) is 10.5. The quantitative estimate of drug-likeness (QED) is 0.824. The number of methoxy groups -OCH3 is 1. The molecule has 7 nitrogen and oxygen atoms in total. The van der Waals surface area contributed by atoms with Gasteiger partial charge in [0.1, 0.15) is 5.75 Å². The van der Waals surface area contributed by atoms with Crippen molar-refractivity contribution < 1.29 is 27.8 Å². The van der Waals surface area contributed by atoms with E-state index >= 15 is 0 Å². The molecule has 1 saturated heterocycles. The first-order chi connectivity index (χ1) is 9.93. The highest BCUT2D eigenvalue weighted by Crippen LogP contribution is 2.23. The van der Waals surface area contributed by atoms with Crippen LogP contribution in [-0.4, -0.2) is 56.7 Å². The Hall–Kier alpha value is -1.64. The highest BCUT2D eigenvalue weighted by atomic mass is 32.2. The summed E-state index contributed by atoms with van der Waals surface area (Å²) in [5, 5.41) is 8.51. The zero-order valence-corrected chi connectivity index (χ0v) is 12.4. The molecule has 1 aliphatic heterocycles. The van der Waals surface area contributed by atoms with E-state index in [1.54, 1.807) is 7.11 Å². The third kappa shape index (κ3) is 3.72. The number of rotatable bonds is 6. The van der Waals surface area contributed by atoms with Crippen molar-refractivity contribution in [2.45, 2.75) is 17.4 Å². The molecule has 0 aromatic heterocycles. The van der Waals surface area contributed by atoms with E-state index in [-0.39, 0.29) is 11.0 Å². The van der Waals surface area contributed by atoms with Crippen molar-refractivity contribution in [1.29, 1.82) is 0 Å². The molecule has 21 heavy (non-hydrogen) atoms. The number of carboxylic acid groups (broad SMARTS) is 1. The fourth-order valence-electron chi connectivity index (χ4n) is 2.11. The number of carboxylic acids is 1. The standard InChI is InChI=1S/C13H17NO6S/c1-19-11-6-7-14(8-11)21(17,18)12-4-2-10(3-5-12)20-9-13(15)16/h2-5,11H,6-9H2,1H3,(H,15,16). The maximum Gasteiger partial charge on any atom is 0.341 e. The largest absolute Gasteiger partial charge is 0.482 e. The first-order valence-electron chi connectivity index (χ1n) is 6.41. The Labute approximate surface area is 123 Å². The van der Waals surface area contributed by atoms with E-state index < -0.39 is 22.6 Å². The number of benzene rings is 1. The fraction of sp³-hybridized carbons (Fsp3) is 0.462. The van der Waals surface area contributed by atoms with Gasteiger partial charge in [-0.05, 0) is 30.7 Å². The van der Waals surface area contributed by atoms with Gasteiger partial charge in [0.05, 0.1) is 11.0 Å². The molecule has 0 saturated carbocycles. The van der Waals surface area contributed by atoms with Gasteiger partial charge >= 0.3 is 5.97 Å². The SMILES string of the molecule is COC1CCN(S(=O)(=O)c2ccc(OCC(=O)O)cc2)C1. The van der Waals surface area contributed by atoms with E-state index in [1.165, 1.54) is 28.6 Å². The van der Waals surface area contributed by atoms with Crippen LogP contribution < -0.4 is 4.74 Å². The average molecular weight is 315 g/mol. The van der Waals surface area contributed by atoms with Gasteiger partial charge < -0.3 is 14.6 Å². The van der Waals surface area contributed by atoms with Gasteiger partial charge in [-0.25, -0.2) is 13.2 Å². The molecular weight excluding hydrogens is 298 g/mol. The van der Waals surface area contributed by atoms with Crippen LogP contribution in [-0.2, 0) is 19.6 Å². The fourth-order valence-corrected chi connectivity index (χ4v) is 3.60. The van der Waals surface area contributed by atoms with Crippen LogP contribution in [0.25, 0.3) is 0 Å². The number of sulfonamides is 1. The maximum absolute atomic E-state index is 12.4. The maximum atomic E-state index is 12.4. The van der Waals surface area contributed by atoms with Crippen molar-refractivity contribution >= 4 is 16.0 Å². The Kier molecular flexibility index (Phi) is 4.81. The third-order valence-electron chi connectivity index (χ3n) is 3.26. The van der Waals surface area contributed by atoms with Crippen LogP contribution in [0.3, 0.4) is 0 Å². The van der Waals surface area contributed by atoms with Gasteiger partial charge in [-0.1, -0.05) is 0 Å². The van der Waals surface area contributed by atoms with Crippen LogP contribution in [0.2, 0.25) is 0 Å². The Balaban J connectivity index is 2.08. The molecule has 2 rings (SSSR count). The van der Waals surface area contributed by atoms with Gasteiger partial charge in [0, 0.05) is 20.2 Å². The molecule has 0 aliphatic carbocycles. The molecular formula is C13H17NO6S. The summed E-state index contributed by atoms with van der Waals surface area (Å²) in [7, 11) is -1.98. The van der Waals surface area contributed by atoms with E-state index in [1.807, 2.05) is 0 Å². The van der Waals surface area contributed by atoms with Gasteiger partial charge in [-0.2, -0.15) is 4.31 Å². The second-order valence-electron chi connectivity index (χ2n) is 4.66. The van der Waals surface area contributed by atoms with Crippen molar-refractivity contribution in [3.63, 3.8) is 0 Å². The summed E-state index contributed by atoms with van der Waals surface area (Å²) in [5.74, 6) is -0.776. The molecule has 1 N–H and O–H groups in total. The zero-order valence-electron chi connectivity index (χ0n) is 11.6. The summed E-state index contributed by atoms with van der Waals surface area (Å²) in [6.07, 6.45) is 0.605. The minimum Gasteiger partial charge on any atom is -0.482 e. The van der Waals surface area contributed by atoms with Crippen molar-refractivity contribution in [2.75, 3.05) is 26.8 Å². The number of carbonyl (C=O) groups is 1. The summed E-state index contributed by atoms with van der Waals surface area (Å²) in [5.41, 5.74) is 0. The van der Waals surface area contributed by atoms with Crippen LogP contribution in [0.5, 0.6) is 5.75 Å². The predicted octanol–water partition coefficient (Wildman–Crippen LogP) is 0.559. The highest BCUT2D eigenvalue weighted by Gasteiger charge is 2.32. The molecule has 0 spiro atoms. The molecule has 1 heterocycles. The lowest BCUT2D eigenvalue weighted by atomic mass is 10.3. The summed E-state index contributed by atoms with van der Waals surface area (Å²) in [6.45, 7) is 0.307. The van der Waals surface area contributed by atoms with E-state index in [9.17, 15) is 13.2 Å². The van der Waals surface area contributed by atoms with Crippen molar-refractivity contribution in [1.82, 2.24) is 4.31 Å². The normalized spacial score (nSPS) is 19.6. The van der Waals surface area contributed by atoms with Crippen molar-refractivity contribution in [3.8, 4) is 5.75 Å². The van der Waals surface area contributed by atoms with Gasteiger partial charge in [0.25, 0.3) is 0 Å². The molecule has 1 aromatic carbocycles. The predicted molar refractivity (Wildman–Crippen MR) is 73.7 cm³/mol. The monoisotopic (exact) mass is 315 g/mol. The Morgan fingerprint density at radius 3 is 2.57 bits per heavy atom. The van der Waals surface area contributed by atoms with Gasteiger partial charge in [-0.15, -0.1) is 0 Å². The van der Waals surface area contributed by atoms with Crippen molar-refractivity contribution in [2.24, 2.45) is 0 Å². The molecule has 1 fully saturated rings. The molecule has 0 radical (unpaired) electrons. The third-order valence-corrected chi connectivity index (χ3v) is 5.14. The van der Waals surface area contributed by atoms with E-state index in [4.69, 9.17) is 14.6 Å². The minimum atomic E-state index is -3.55. The first-order valence-corrected chi connectivity index (χ1v) is 7.85. The molecule has 0 amide bonds. The first kappa shape index (κ1) is 15.7. The topological polar surface area (TPSA) is 93.1 Å². The number of ether oxygens (including phenoxy) is 2. The van der Waals surface area contributed by atoms with Crippen LogP contribution in [0, 0.1) is 0 Å². The number of hydrogen-bond donors (Lipinski definition) is 1. The molecule has 0 bridgehead atoms. The van der Waals surface area contributed by atoms with Crippen molar-refractivity contribution in [3.05, 3.63) is 24.3 Å². The molecule has 1 atom stereocenters. The lowest BCUT2D eigenvalue weighted by Gasteiger charge is -2.16. The Morgan fingerprint density at radius 1 is 1.38 bits per heavy atom. The van der Waals surface area contributed by atoms with Crippen LogP contribution in [0.1, 0.15) is 6.42 Å². The molecule has 1 aromatic rings. The smallest absolute Gasteiger partial charge is 0.341 e. The number of aliphatic carboxylic acids is 1. The summed E-state index contributed by atoms with van der Waals surface area (Å²) < 4.78 is 36.3. The Bertz CT molecular complexity index is 598. The van der Waals surface area contributed by atoms with Gasteiger partial charge in [0.15, 0.2) is 6.61 Å². The van der Waals surface area contributed by atoms with E-state index in [0.29, 0.717) is 25.3 Å². The molecule has 1 unspecified atom stereocenters. The van der Waals surface area contributed by atoms with E-state index in [0.717, 1.165) is 0 Å². The summed E-state index contributed by atoms with van der Waals surface area (Å²) >= 11 is 0. The second kappa shape index (κ2) is 6.42. The molecule has 1 aliphatic rings. The van der Waals surface area contributed by atoms with Gasteiger partial charge in [0.2, 0.25) is 10.0 Å². The minimum absolute atomic E-state index is 0.0713. The van der Waals surface area contributed by atoms with Crippen LogP contribution in [0.15, 0.2) is 29.2 Å². The van der Waals surface area contributed by atoms with Crippen LogP contribution in [0.4, 0.5) is 0 Å². The number of nitrogens with zero attached hydrogens (tertiary/aromatic N) is 1. The Morgan fingerprint density at radius 2 is 2.05 bits per heavy atom. The molecule has 8 heteroatoms. The lowest BCUT2D eigenvalue weighted by Crippen LogP contribution is -2.30. The van der Waals surface area contributed by atoms with E-state index in [2.05, 4.69) is 0 Å². The number of hydrogen-bond acceptors (Lipinski definition) is 5. The zero-order chi connectivity index (χ0) is 15.5. The summed E-state index contributed by atoms with van der Waals surface area (Å²) in [6, 6.07) is 5.71. The van der Waals surface area contributed by atoms with Gasteiger partial charge in [-0.3, -0.25) is 0 Å². The second-order valence-corrected chi connectivity index (χ2v) is 6.60. The average Bonchev–Trinajstić information content (AvgIpc) is 2.95. The highest BCUT2D eigenvalue weighted by molar-refractivity contribution is 7.89. The molecule has 116 valence electrons. The lowest BCUT2D eigenvalue weighted by molar-refractivity contribution is -0.139. The van der Waals surface area contributed by atoms with Crippen LogP contribution >= 0.6 is 0 Å².